The SMILES string of the molecule is CNC(=O)[C@@H](C)N(Cc1ccc(OC)cc1)C(=O)CN(c1cc(Cl)ccc1OC)S(=O)(=O)c1ccccc1. The fraction of sp³-hybridized carbons (Fsp3) is 0.259. The van der Waals surface area contributed by atoms with Crippen LogP contribution in [-0.2, 0) is 26.2 Å². The summed E-state index contributed by atoms with van der Waals surface area (Å²) < 4.78 is 39.2. The second-order valence-electron chi connectivity index (χ2n) is 8.30. The number of hydrogen-bond acceptors (Lipinski definition) is 6. The predicted octanol–water partition coefficient (Wildman–Crippen LogP) is 3.72. The Balaban J connectivity index is 2.07. The van der Waals surface area contributed by atoms with Crippen LogP contribution in [0.4, 0.5) is 5.69 Å². The van der Waals surface area contributed by atoms with Crippen LogP contribution in [-0.4, -0.2) is 59.0 Å². The van der Waals surface area contributed by atoms with E-state index in [0.29, 0.717) is 5.75 Å². The van der Waals surface area contributed by atoms with Gasteiger partial charge in [0.05, 0.1) is 24.8 Å². The van der Waals surface area contributed by atoms with E-state index in [9.17, 15) is 18.0 Å². The van der Waals surface area contributed by atoms with Gasteiger partial charge in [-0.1, -0.05) is 41.9 Å². The van der Waals surface area contributed by atoms with E-state index in [4.69, 9.17) is 21.1 Å². The largest absolute Gasteiger partial charge is 0.497 e. The Kier molecular flexibility index (Phi) is 9.60. The summed E-state index contributed by atoms with van der Waals surface area (Å²) in [5.74, 6) is -0.148. The quantitative estimate of drug-likeness (QED) is 0.384. The molecular formula is C27H30ClN3O6S. The van der Waals surface area contributed by atoms with Gasteiger partial charge in [-0.15, -0.1) is 0 Å². The average Bonchev–Trinajstić information content (AvgIpc) is 2.94. The van der Waals surface area contributed by atoms with Crippen LogP contribution in [0.15, 0.2) is 77.7 Å². The first kappa shape index (κ1) is 28.8. The summed E-state index contributed by atoms with van der Waals surface area (Å²) in [6, 6.07) is 18.4. The summed E-state index contributed by atoms with van der Waals surface area (Å²) in [6.07, 6.45) is 0. The van der Waals surface area contributed by atoms with Crippen molar-refractivity contribution in [3.63, 3.8) is 0 Å². The van der Waals surface area contributed by atoms with Crippen LogP contribution in [0, 0.1) is 0 Å². The van der Waals surface area contributed by atoms with Gasteiger partial charge in [0.25, 0.3) is 10.0 Å². The molecule has 0 saturated heterocycles. The third-order valence-electron chi connectivity index (χ3n) is 5.95. The van der Waals surface area contributed by atoms with Crippen molar-refractivity contribution < 1.29 is 27.5 Å². The number of nitrogens with one attached hydrogen (secondary N) is 1. The molecule has 202 valence electrons. The van der Waals surface area contributed by atoms with Crippen molar-refractivity contribution in [3.8, 4) is 11.5 Å². The smallest absolute Gasteiger partial charge is 0.264 e. The molecule has 1 N–H and O–H groups in total. The van der Waals surface area contributed by atoms with E-state index in [1.54, 1.807) is 62.6 Å². The number of anilines is 1. The molecule has 0 radical (unpaired) electrons. The fourth-order valence-electron chi connectivity index (χ4n) is 3.81. The Bertz CT molecular complexity index is 1370. The predicted molar refractivity (Wildman–Crippen MR) is 146 cm³/mol. The first-order valence-electron chi connectivity index (χ1n) is 11.7. The number of hydrogen-bond donors (Lipinski definition) is 1. The van der Waals surface area contributed by atoms with E-state index in [1.165, 1.54) is 43.3 Å². The highest BCUT2D eigenvalue weighted by Gasteiger charge is 2.33. The molecule has 0 saturated carbocycles. The third-order valence-corrected chi connectivity index (χ3v) is 7.95. The lowest BCUT2D eigenvalue weighted by Gasteiger charge is -2.32. The Labute approximate surface area is 228 Å². The number of ether oxygens (including phenoxy) is 2. The van der Waals surface area contributed by atoms with Crippen molar-refractivity contribution >= 4 is 39.1 Å². The van der Waals surface area contributed by atoms with Crippen LogP contribution in [0.2, 0.25) is 5.02 Å². The second kappa shape index (κ2) is 12.7. The Morgan fingerprint density at radius 2 is 1.63 bits per heavy atom. The van der Waals surface area contributed by atoms with Crippen molar-refractivity contribution in [2.45, 2.75) is 24.4 Å². The van der Waals surface area contributed by atoms with Crippen LogP contribution in [0.1, 0.15) is 12.5 Å². The molecule has 0 heterocycles. The van der Waals surface area contributed by atoms with E-state index >= 15 is 0 Å². The summed E-state index contributed by atoms with van der Waals surface area (Å²) in [7, 11) is 0.175. The number of rotatable bonds is 11. The maximum Gasteiger partial charge on any atom is 0.264 e. The number of benzene rings is 3. The highest BCUT2D eigenvalue weighted by atomic mass is 35.5. The van der Waals surface area contributed by atoms with Gasteiger partial charge in [-0.2, -0.15) is 0 Å². The molecule has 3 aromatic rings. The molecule has 1 atom stereocenters. The lowest BCUT2D eigenvalue weighted by Crippen LogP contribution is -2.50. The molecule has 0 unspecified atom stereocenters. The molecule has 0 aliphatic rings. The zero-order valence-electron chi connectivity index (χ0n) is 21.5. The van der Waals surface area contributed by atoms with Gasteiger partial charge in [0.1, 0.15) is 24.1 Å². The van der Waals surface area contributed by atoms with E-state index in [1.807, 2.05) is 0 Å². The van der Waals surface area contributed by atoms with E-state index in [2.05, 4.69) is 5.32 Å². The van der Waals surface area contributed by atoms with Crippen molar-refractivity contribution in [2.75, 3.05) is 32.1 Å². The normalized spacial score (nSPS) is 11.8. The Morgan fingerprint density at radius 1 is 0.974 bits per heavy atom. The summed E-state index contributed by atoms with van der Waals surface area (Å²) in [5, 5.41) is 2.81. The molecule has 3 rings (SSSR count). The highest BCUT2D eigenvalue weighted by Crippen LogP contribution is 2.35. The summed E-state index contributed by atoms with van der Waals surface area (Å²) in [6.45, 7) is 1.03. The first-order valence-corrected chi connectivity index (χ1v) is 13.5. The van der Waals surface area contributed by atoms with E-state index in [-0.39, 0.29) is 27.9 Å². The minimum atomic E-state index is -4.24. The molecule has 38 heavy (non-hydrogen) atoms. The molecule has 0 aliphatic carbocycles. The first-order chi connectivity index (χ1) is 18.1. The van der Waals surface area contributed by atoms with Gasteiger partial charge in [0.2, 0.25) is 11.8 Å². The zero-order valence-corrected chi connectivity index (χ0v) is 23.1. The van der Waals surface area contributed by atoms with Crippen LogP contribution in [0.25, 0.3) is 0 Å². The number of nitrogens with zero attached hydrogens (tertiary/aromatic N) is 2. The average molecular weight is 560 g/mol. The number of amides is 2. The number of carbonyl (C=O) groups excluding carboxylic acids is 2. The van der Waals surface area contributed by atoms with E-state index < -0.39 is 34.4 Å². The lowest BCUT2D eigenvalue weighted by atomic mass is 10.1. The number of halogens is 1. The molecule has 0 aliphatic heterocycles. The molecule has 0 spiro atoms. The van der Waals surface area contributed by atoms with Gasteiger partial charge in [0.15, 0.2) is 0 Å². The standard InChI is InChI=1S/C27H30ClN3O6S/c1-19(27(33)29-2)30(17-20-10-13-22(36-3)14-11-20)26(32)18-31(24-16-21(28)12-15-25(24)37-4)38(34,35)23-8-6-5-7-9-23/h5-16,19H,17-18H2,1-4H3,(H,29,33)/t19-/m1/s1. The molecule has 3 aromatic carbocycles. The molecule has 2 amide bonds. The van der Waals surface area contributed by atoms with E-state index in [0.717, 1.165) is 9.87 Å². The van der Waals surface area contributed by atoms with Gasteiger partial charge in [-0.3, -0.25) is 13.9 Å². The van der Waals surface area contributed by atoms with Gasteiger partial charge in [-0.05, 0) is 55.0 Å². The number of likely N-dealkylation sites (N-methyl/N-ethyl adjacent to an activating group) is 1. The van der Waals surface area contributed by atoms with Crippen LogP contribution < -0.4 is 19.1 Å². The minimum Gasteiger partial charge on any atom is -0.497 e. The fourth-order valence-corrected chi connectivity index (χ4v) is 5.41. The monoisotopic (exact) mass is 559 g/mol. The summed E-state index contributed by atoms with van der Waals surface area (Å²) in [4.78, 5) is 27.7. The number of sulfonamides is 1. The van der Waals surface area contributed by atoms with Gasteiger partial charge < -0.3 is 19.7 Å². The van der Waals surface area contributed by atoms with Crippen molar-refractivity contribution in [2.24, 2.45) is 0 Å². The molecule has 0 fully saturated rings. The number of methoxy groups -OCH3 is 2. The molecule has 11 heteroatoms. The Morgan fingerprint density at radius 3 is 2.21 bits per heavy atom. The third kappa shape index (κ3) is 6.56. The Hall–Kier alpha value is -3.76. The second-order valence-corrected chi connectivity index (χ2v) is 10.6. The lowest BCUT2D eigenvalue weighted by molar-refractivity contribution is -0.139. The zero-order chi connectivity index (χ0) is 27.9. The summed E-state index contributed by atoms with van der Waals surface area (Å²) >= 11 is 6.22. The molecular weight excluding hydrogens is 530 g/mol. The van der Waals surface area contributed by atoms with Crippen LogP contribution in [0.5, 0.6) is 11.5 Å². The van der Waals surface area contributed by atoms with Crippen LogP contribution in [0.3, 0.4) is 0 Å². The van der Waals surface area contributed by atoms with Gasteiger partial charge in [-0.25, -0.2) is 8.42 Å². The van der Waals surface area contributed by atoms with Crippen molar-refractivity contribution in [1.29, 1.82) is 0 Å². The molecule has 0 bridgehead atoms. The number of carbonyl (C=O) groups is 2. The topological polar surface area (TPSA) is 105 Å². The summed E-state index contributed by atoms with van der Waals surface area (Å²) in [5.41, 5.74) is 0.821. The van der Waals surface area contributed by atoms with Crippen molar-refractivity contribution in [3.05, 3.63) is 83.4 Å². The maximum absolute atomic E-state index is 13.8. The molecule has 9 nitrogen and oxygen atoms in total. The minimum absolute atomic E-state index is 0.0177. The maximum atomic E-state index is 13.8. The highest BCUT2D eigenvalue weighted by molar-refractivity contribution is 7.92. The van der Waals surface area contributed by atoms with Gasteiger partial charge in [0, 0.05) is 18.6 Å². The van der Waals surface area contributed by atoms with Crippen LogP contribution >= 0.6 is 11.6 Å². The molecule has 0 aromatic heterocycles. The van der Waals surface area contributed by atoms with Crippen molar-refractivity contribution in [1.82, 2.24) is 10.2 Å². The van der Waals surface area contributed by atoms with Gasteiger partial charge >= 0.3 is 0 Å².